The van der Waals surface area contributed by atoms with Crippen molar-refractivity contribution in [3.05, 3.63) is 23.8 Å². The van der Waals surface area contributed by atoms with E-state index in [0.29, 0.717) is 11.3 Å². The molecule has 1 heterocycles. The molecule has 23 heavy (non-hydrogen) atoms. The first-order valence-electron chi connectivity index (χ1n) is 7.87. The molecular formula is C17H24NO4S+. The fourth-order valence-electron chi connectivity index (χ4n) is 3.10. The van der Waals surface area contributed by atoms with Crippen LogP contribution in [0.2, 0.25) is 0 Å². The maximum Gasteiger partial charge on any atom is 0.303 e. The van der Waals surface area contributed by atoms with Gasteiger partial charge in [0.15, 0.2) is 16.4 Å². The van der Waals surface area contributed by atoms with E-state index in [9.17, 15) is 13.2 Å². The lowest BCUT2D eigenvalue weighted by Crippen LogP contribution is -2.26. The van der Waals surface area contributed by atoms with E-state index in [1.54, 1.807) is 12.1 Å². The van der Waals surface area contributed by atoms with Gasteiger partial charge >= 0.3 is 5.97 Å². The summed E-state index contributed by atoms with van der Waals surface area (Å²) in [5.74, 6) is -0.750. The Morgan fingerprint density at radius 1 is 1.22 bits per heavy atom. The molecule has 0 aliphatic carbocycles. The second kappa shape index (κ2) is 6.83. The molecule has 0 unspecified atom stereocenters. The van der Waals surface area contributed by atoms with Gasteiger partial charge in [-0.1, -0.05) is 0 Å². The predicted octanol–water partition coefficient (Wildman–Crippen LogP) is 2.70. The van der Waals surface area contributed by atoms with E-state index in [1.165, 1.54) is 5.71 Å². The summed E-state index contributed by atoms with van der Waals surface area (Å²) in [5, 5.41) is 8.67. The number of fused-ring (bicyclic) bond motifs is 1. The first-order valence-corrected chi connectivity index (χ1v) is 9.05. The van der Waals surface area contributed by atoms with Crippen LogP contribution in [0.3, 0.4) is 0 Å². The van der Waals surface area contributed by atoms with Crippen LogP contribution >= 0.6 is 0 Å². The first-order chi connectivity index (χ1) is 10.7. The predicted molar refractivity (Wildman–Crippen MR) is 89.6 cm³/mol. The van der Waals surface area contributed by atoms with Gasteiger partial charge in [0.25, 0.3) is 0 Å². The number of carbonyl (C=O) groups is 1. The van der Waals surface area contributed by atoms with Gasteiger partial charge in [-0.15, -0.1) is 0 Å². The van der Waals surface area contributed by atoms with E-state index in [2.05, 4.69) is 25.3 Å². The van der Waals surface area contributed by atoms with Crippen LogP contribution in [0.5, 0.6) is 0 Å². The topological polar surface area (TPSA) is 74.5 Å². The van der Waals surface area contributed by atoms with Gasteiger partial charge in [-0.05, 0) is 38.8 Å². The molecule has 126 valence electrons. The molecule has 2 rings (SSSR count). The second-order valence-electron chi connectivity index (χ2n) is 6.53. The Labute approximate surface area is 138 Å². The Morgan fingerprint density at radius 3 is 2.52 bits per heavy atom. The molecule has 0 atom stereocenters. The number of carboxylic acids is 1. The van der Waals surface area contributed by atoms with Gasteiger partial charge in [-0.25, -0.2) is 8.42 Å². The molecule has 6 heteroatoms. The fraction of sp³-hybridized carbons (Fsp3) is 0.529. The summed E-state index contributed by atoms with van der Waals surface area (Å²) >= 11 is 0. The average molecular weight is 338 g/mol. The highest BCUT2D eigenvalue weighted by atomic mass is 32.2. The van der Waals surface area contributed by atoms with Crippen molar-refractivity contribution in [1.82, 2.24) is 0 Å². The van der Waals surface area contributed by atoms with E-state index >= 15 is 0 Å². The van der Waals surface area contributed by atoms with Crippen molar-refractivity contribution in [2.45, 2.75) is 56.8 Å². The highest BCUT2D eigenvalue weighted by Gasteiger charge is 2.42. The number of aliphatic carboxylic acids is 1. The van der Waals surface area contributed by atoms with Crippen LogP contribution in [0.4, 0.5) is 5.69 Å². The highest BCUT2D eigenvalue weighted by Crippen LogP contribution is 2.40. The molecule has 1 aromatic carbocycles. The average Bonchev–Trinajstić information content (AvgIpc) is 2.67. The number of rotatable bonds is 7. The quantitative estimate of drug-likeness (QED) is 0.455. The Kier molecular flexibility index (Phi) is 5.24. The third kappa shape index (κ3) is 3.63. The lowest BCUT2D eigenvalue weighted by Gasteiger charge is -2.15. The number of carboxylic acid groups (broad SMARTS) is 1. The number of nitrogens with zero attached hydrogens (tertiary/aromatic N) is 1. The molecule has 0 saturated heterocycles. The summed E-state index contributed by atoms with van der Waals surface area (Å²) in [6.45, 7) is 7.11. The third-order valence-corrected chi connectivity index (χ3v) is 5.44. The largest absolute Gasteiger partial charge is 0.481 e. The molecule has 0 saturated carbocycles. The molecule has 0 bridgehead atoms. The van der Waals surface area contributed by atoms with Gasteiger partial charge in [-0.2, -0.15) is 4.58 Å². The van der Waals surface area contributed by atoms with Gasteiger partial charge in [0.2, 0.25) is 5.69 Å². The molecule has 0 aromatic heterocycles. The van der Waals surface area contributed by atoms with Crippen molar-refractivity contribution >= 4 is 28.1 Å². The molecule has 0 fully saturated rings. The fourth-order valence-corrected chi connectivity index (χ4v) is 3.53. The Hall–Kier alpha value is -1.69. The number of unbranched alkanes of at least 4 members (excludes halogenated alkanes) is 2. The van der Waals surface area contributed by atoms with Crippen LogP contribution in [0.1, 0.15) is 52.0 Å². The van der Waals surface area contributed by atoms with Gasteiger partial charge in [0.1, 0.15) is 6.54 Å². The summed E-state index contributed by atoms with van der Waals surface area (Å²) < 4.78 is 24.7. The maximum absolute atomic E-state index is 11.2. The molecule has 0 spiro atoms. The van der Waals surface area contributed by atoms with Crippen molar-refractivity contribution in [2.75, 3.05) is 6.54 Å². The minimum absolute atomic E-state index is 0.197. The van der Waals surface area contributed by atoms with E-state index in [0.717, 1.165) is 30.6 Å². The Morgan fingerprint density at radius 2 is 1.91 bits per heavy atom. The van der Waals surface area contributed by atoms with Crippen molar-refractivity contribution < 1.29 is 22.9 Å². The zero-order chi connectivity index (χ0) is 17.2. The highest BCUT2D eigenvalue weighted by molar-refractivity contribution is 7.72. The zero-order valence-corrected chi connectivity index (χ0v) is 14.7. The summed E-state index contributed by atoms with van der Waals surface area (Å²) in [5.41, 5.74) is 3.10. The minimum Gasteiger partial charge on any atom is -0.481 e. The van der Waals surface area contributed by atoms with Crippen LogP contribution in [-0.4, -0.2) is 36.3 Å². The maximum atomic E-state index is 11.2. The third-order valence-electron chi connectivity index (χ3n) is 4.74. The number of thiol groups is 1. The van der Waals surface area contributed by atoms with E-state index in [-0.39, 0.29) is 11.8 Å². The molecule has 1 N–H and O–H groups in total. The van der Waals surface area contributed by atoms with Gasteiger partial charge < -0.3 is 5.11 Å². The summed E-state index contributed by atoms with van der Waals surface area (Å²) in [7, 11) is -2.58. The number of hydrogen-bond donors (Lipinski definition) is 2. The van der Waals surface area contributed by atoms with Crippen LogP contribution < -0.4 is 0 Å². The van der Waals surface area contributed by atoms with E-state index in [1.807, 2.05) is 6.07 Å². The van der Waals surface area contributed by atoms with E-state index < -0.39 is 16.7 Å². The zero-order valence-electron chi connectivity index (χ0n) is 13.8. The summed E-state index contributed by atoms with van der Waals surface area (Å²) in [4.78, 5) is 10.9. The molecule has 1 aromatic rings. The van der Waals surface area contributed by atoms with Crippen molar-refractivity contribution in [3.8, 4) is 0 Å². The lowest BCUT2D eigenvalue weighted by molar-refractivity contribution is -0.439. The van der Waals surface area contributed by atoms with Crippen LogP contribution in [0.15, 0.2) is 23.1 Å². The van der Waals surface area contributed by atoms with Gasteiger partial charge in [0, 0.05) is 31.4 Å². The molecular weight excluding hydrogens is 314 g/mol. The SMILES string of the molecule is CC1=[N+](CCCCCC(=O)O)c2ccc([SH](=O)=O)cc2C1(C)C. The molecule has 5 nitrogen and oxygen atoms in total. The van der Waals surface area contributed by atoms with Crippen molar-refractivity contribution in [1.29, 1.82) is 0 Å². The van der Waals surface area contributed by atoms with Crippen LogP contribution in [0.25, 0.3) is 0 Å². The minimum atomic E-state index is -2.58. The Balaban J connectivity index is 2.18. The number of benzene rings is 1. The van der Waals surface area contributed by atoms with Crippen molar-refractivity contribution in [2.24, 2.45) is 0 Å². The van der Waals surface area contributed by atoms with Gasteiger partial charge in [-0.3, -0.25) is 4.79 Å². The molecule has 0 amide bonds. The standard InChI is InChI=1S/C17H23NO4S/c1-12-17(2,3)14-11-13(23(21)22)8-9-15(14)18(12)10-6-4-5-7-16(19)20/h8-9,11,23H,4-7,10H2,1-3H3/p+1. The molecule has 1 aliphatic heterocycles. The van der Waals surface area contributed by atoms with Crippen LogP contribution in [-0.2, 0) is 20.9 Å². The molecule has 1 aliphatic rings. The summed E-state index contributed by atoms with van der Waals surface area (Å²) in [6.07, 6.45) is 2.69. The van der Waals surface area contributed by atoms with Gasteiger partial charge in [0.05, 0.1) is 10.3 Å². The summed E-state index contributed by atoms with van der Waals surface area (Å²) in [6, 6.07) is 5.30. The number of hydrogen-bond acceptors (Lipinski definition) is 3. The molecule has 0 radical (unpaired) electrons. The monoisotopic (exact) mass is 338 g/mol. The first kappa shape index (κ1) is 17.7. The lowest BCUT2D eigenvalue weighted by atomic mass is 9.82. The van der Waals surface area contributed by atoms with Crippen LogP contribution in [0, 0.1) is 0 Å². The van der Waals surface area contributed by atoms with E-state index in [4.69, 9.17) is 5.11 Å². The van der Waals surface area contributed by atoms with Crippen molar-refractivity contribution in [3.63, 3.8) is 0 Å². The Bertz CT molecular complexity index is 724. The smallest absolute Gasteiger partial charge is 0.303 e. The normalized spacial score (nSPS) is 16.0. The second-order valence-corrected chi connectivity index (χ2v) is 7.56.